The molecule has 1 aliphatic heterocycles. The number of hydrogen-bond acceptors (Lipinski definition) is 2. The predicted octanol–water partition coefficient (Wildman–Crippen LogP) is 2.94. The summed E-state index contributed by atoms with van der Waals surface area (Å²) in [5.74, 6) is 1.15. The number of hydrogen-bond donors (Lipinski definition) is 1. The van der Waals surface area contributed by atoms with Crippen molar-refractivity contribution in [2.75, 3.05) is 5.75 Å². The average Bonchev–Trinajstić information content (AvgIpc) is 2.07. The molecule has 0 radical (unpaired) electrons. The zero-order valence-electron chi connectivity index (χ0n) is 6.59. The lowest BCUT2D eigenvalue weighted by atomic mass is 10.1. The van der Waals surface area contributed by atoms with Crippen molar-refractivity contribution in [3.63, 3.8) is 0 Å². The van der Waals surface area contributed by atoms with Crippen LogP contribution in [-0.2, 0) is 0 Å². The summed E-state index contributed by atoms with van der Waals surface area (Å²) in [5.41, 5.74) is 7.27. The van der Waals surface area contributed by atoms with Crippen LogP contribution in [-0.4, -0.2) is 5.75 Å². The Bertz CT molecular complexity index is 301. The summed E-state index contributed by atoms with van der Waals surface area (Å²) in [6.45, 7) is 0. The highest BCUT2D eigenvalue weighted by atomic mass is 79.9. The number of rotatable bonds is 0. The van der Waals surface area contributed by atoms with Gasteiger partial charge in [-0.3, -0.25) is 0 Å². The van der Waals surface area contributed by atoms with Gasteiger partial charge in [-0.25, -0.2) is 0 Å². The Hall–Kier alpha value is 0.01000. The van der Waals surface area contributed by atoms with Crippen LogP contribution >= 0.6 is 27.7 Å². The first kappa shape index (κ1) is 8.60. The van der Waals surface area contributed by atoms with Crippen LogP contribution in [0.25, 0.3) is 0 Å². The normalized spacial score (nSPS) is 22.0. The Balaban J connectivity index is 2.47. The molecule has 0 fully saturated rings. The lowest BCUT2D eigenvalue weighted by molar-refractivity contribution is 0.680. The maximum absolute atomic E-state index is 5.98. The topological polar surface area (TPSA) is 26.0 Å². The molecule has 0 amide bonds. The minimum absolute atomic E-state index is 0.235. The van der Waals surface area contributed by atoms with Crippen molar-refractivity contribution in [3.8, 4) is 0 Å². The Labute approximate surface area is 84.9 Å². The standard InChI is InChI=1S/C9H10BrNS/c10-6-1-2-9-7(5-6)8(11)3-4-12-9/h1-2,5,8H,3-4,11H2/t8-/m1/s1. The molecule has 0 spiro atoms. The molecule has 1 nitrogen and oxygen atoms in total. The lowest BCUT2D eigenvalue weighted by Crippen LogP contribution is -2.15. The molecule has 2 N–H and O–H groups in total. The molecule has 1 aromatic rings. The Morgan fingerprint density at radius 2 is 2.33 bits per heavy atom. The maximum Gasteiger partial charge on any atom is 0.0314 e. The number of thioether (sulfide) groups is 1. The van der Waals surface area contributed by atoms with Gasteiger partial charge in [-0.15, -0.1) is 11.8 Å². The minimum Gasteiger partial charge on any atom is -0.324 e. The molecule has 1 heterocycles. The van der Waals surface area contributed by atoms with Gasteiger partial charge in [0.15, 0.2) is 0 Å². The molecule has 0 aliphatic carbocycles. The van der Waals surface area contributed by atoms with Gasteiger partial charge >= 0.3 is 0 Å². The fourth-order valence-electron chi connectivity index (χ4n) is 1.39. The van der Waals surface area contributed by atoms with E-state index in [0.717, 1.165) is 16.6 Å². The predicted molar refractivity (Wildman–Crippen MR) is 56.4 cm³/mol. The van der Waals surface area contributed by atoms with E-state index in [1.807, 2.05) is 11.8 Å². The molecule has 64 valence electrons. The van der Waals surface area contributed by atoms with Crippen molar-refractivity contribution in [2.24, 2.45) is 5.73 Å². The van der Waals surface area contributed by atoms with Crippen molar-refractivity contribution in [1.29, 1.82) is 0 Å². The molecule has 0 saturated heterocycles. The van der Waals surface area contributed by atoms with E-state index in [2.05, 4.69) is 34.1 Å². The molecule has 0 aromatic heterocycles. The molecule has 1 atom stereocenters. The van der Waals surface area contributed by atoms with Crippen LogP contribution in [0, 0.1) is 0 Å². The zero-order valence-corrected chi connectivity index (χ0v) is 8.99. The summed E-state index contributed by atoms with van der Waals surface area (Å²) >= 11 is 5.35. The van der Waals surface area contributed by atoms with Gasteiger partial charge < -0.3 is 5.73 Å². The minimum atomic E-state index is 0.235. The molecule has 0 unspecified atom stereocenters. The van der Waals surface area contributed by atoms with E-state index in [4.69, 9.17) is 5.73 Å². The third-order valence-corrected chi connectivity index (χ3v) is 3.67. The quantitative estimate of drug-likeness (QED) is 0.759. The summed E-state index contributed by atoms with van der Waals surface area (Å²) < 4.78 is 1.12. The van der Waals surface area contributed by atoms with Gasteiger partial charge in [0, 0.05) is 15.4 Å². The van der Waals surface area contributed by atoms with Gasteiger partial charge in [-0.2, -0.15) is 0 Å². The Morgan fingerprint density at radius 3 is 3.17 bits per heavy atom. The second-order valence-electron chi connectivity index (χ2n) is 2.93. The fraction of sp³-hybridized carbons (Fsp3) is 0.333. The smallest absolute Gasteiger partial charge is 0.0314 e. The first-order valence-corrected chi connectivity index (χ1v) is 5.73. The highest BCUT2D eigenvalue weighted by Gasteiger charge is 2.16. The van der Waals surface area contributed by atoms with Crippen molar-refractivity contribution in [1.82, 2.24) is 0 Å². The van der Waals surface area contributed by atoms with Gasteiger partial charge in [0.25, 0.3) is 0 Å². The van der Waals surface area contributed by atoms with Gasteiger partial charge in [-0.05, 0) is 35.9 Å². The van der Waals surface area contributed by atoms with Crippen LogP contribution in [0.3, 0.4) is 0 Å². The molecule has 0 saturated carbocycles. The van der Waals surface area contributed by atoms with Crippen LogP contribution < -0.4 is 5.73 Å². The molecular weight excluding hydrogens is 234 g/mol. The molecule has 2 rings (SSSR count). The van der Waals surface area contributed by atoms with E-state index in [1.165, 1.54) is 10.5 Å². The molecular formula is C9H10BrNS. The monoisotopic (exact) mass is 243 g/mol. The van der Waals surface area contributed by atoms with E-state index in [0.29, 0.717) is 0 Å². The fourth-order valence-corrected chi connectivity index (χ4v) is 2.90. The molecule has 12 heavy (non-hydrogen) atoms. The van der Waals surface area contributed by atoms with Gasteiger partial charge in [0.2, 0.25) is 0 Å². The van der Waals surface area contributed by atoms with Crippen LogP contribution in [0.2, 0.25) is 0 Å². The van der Waals surface area contributed by atoms with Crippen LogP contribution in [0.15, 0.2) is 27.6 Å². The van der Waals surface area contributed by atoms with Crippen LogP contribution in [0.4, 0.5) is 0 Å². The Kier molecular flexibility index (Phi) is 2.44. The van der Waals surface area contributed by atoms with E-state index in [9.17, 15) is 0 Å². The van der Waals surface area contributed by atoms with Crippen molar-refractivity contribution >= 4 is 27.7 Å². The number of fused-ring (bicyclic) bond motifs is 1. The summed E-state index contributed by atoms with van der Waals surface area (Å²) in [5, 5.41) is 0. The van der Waals surface area contributed by atoms with Gasteiger partial charge in [0.1, 0.15) is 0 Å². The molecule has 0 bridgehead atoms. The van der Waals surface area contributed by atoms with E-state index < -0.39 is 0 Å². The van der Waals surface area contributed by atoms with Crippen molar-refractivity contribution in [2.45, 2.75) is 17.4 Å². The molecule has 3 heteroatoms. The second-order valence-corrected chi connectivity index (χ2v) is 4.98. The highest BCUT2D eigenvalue weighted by Crippen LogP contribution is 2.36. The zero-order chi connectivity index (χ0) is 8.55. The van der Waals surface area contributed by atoms with E-state index in [-0.39, 0.29) is 6.04 Å². The second kappa shape index (κ2) is 3.40. The summed E-state index contributed by atoms with van der Waals surface area (Å²) in [6.07, 6.45) is 1.09. The van der Waals surface area contributed by atoms with Gasteiger partial charge in [-0.1, -0.05) is 15.9 Å². The number of benzene rings is 1. The summed E-state index contributed by atoms with van der Waals surface area (Å²) in [7, 11) is 0. The van der Waals surface area contributed by atoms with E-state index >= 15 is 0 Å². The molecule has 1 aliphatic rings. The van der Waals surface area contributed by atoms with E-state index in [1.54, 1.807) is 0 Å². The first-order chi connectivity index (χ1) is 5.77. The summed E-state index contributed by atoms with van der Waals surface area (Å²) in [4.78, 5) is 1.34. The first-order valence-electron chi connectivity index (χ1n) is 3.95. The average molecular weight is 244 g/mol. The molecule has 1 aromatic carbocycles. The maximum atomic E-state index is 5.98. The highest BCUT2D eigenvalue weighted by molar-refractivity contribution is 9.10. The third-order valence-electron chi connectivity index (χ3n) is 2.06. The Morgan fingerprint density at radius 1 is 1.50 bits per heavy atom. The lowest BCUT2D eigenvalue weighted by Gasteiger charge is -2.21. The third kappa shape index (κ3) is 1.53. The SMILES string of the molecule is N[C@@H]1CCSc2ccc(Br)cc21. The largest absolute Gasteiger partial charge is 0.324 e. The summed E-state index contributed by atoms with van der Waals surface area (Å²) in [6, 6.07) is 6.58. The van der Waals surface area contributed by atoms with Crippen molar-refractivity contribution < 1.29 is 0 Å². The number of nitrogens with two attached hydrogens (primary N) is 1. The number of halogens is 1. The van der Waals surface area contributed by atoms with Crippen LogP contribution in [0.1, 0.15) is 18.0 Å². The van der Waals surface area contributed by atoms with Gasteiger partial charge in [0.05, 0.1) is 0 Å². The van der Waals surface area contributed by atoms with Crippen LogP contribution in [0.5, 0.6) is 0 Å². The van der Waals surface area contributed by atoms with Crippen molar-refractivity contribution in [3.05, 3.63) is 28.2 Å².